The van der Waals surface area contributed by atoms with Crippen molar-refractivity contribution in [3.63, 3.8) is 0 Å². The zero-order valence-electron chi connectivity index (χ0n) is 18.7. The first-order valence-corrected chi connectivity index (χ1v) is 10.7. The van der Waals surface area contributed by atoms with E-state index in [-0.39, 0.29) is 18.6 Å². The highest BCUT2D eigenvalue weighted by atomic mass is 16.5. The third kappa shape index (κ3) is 7.43. The molecule has 3 N–H and O–H groups in total. The number of nitrogens with zero attached hydrogens (tertiary/aromatic N) is 1. The normalized spacial score (nSPS) is 15.3. The van der Waals surface area contributed by atoms with Gasteiger partial charge in [-0.05, 0) is 73.7 Å². The maximum absolute atomic E-state index is 12.2. The summed E-state index contributed by atoms with van der Waals surface area (Å²) in [5, 5.41) is 9.15. The average Bonchev–Trinajstić information content (AvgIpc) is 3.33. The smallest absolute Gasteiger partial charge is 0.329 e. The SMILES string of the molecule is Cc1cccc(NC(=O)COc2ccc(/C=N\NC(=O)C(=O)NC[C@@H]3CCCO3)cc2)c1C. The lowest BCUT2D eigenvalue weighted by molar-refractivity contribution is -0.139. The lowest BCUT2D eigenvalue weighted by atomic mass is 10.1. The van der Waals surface area contributed by atoms with Gasteiger partial charge in [-0.2, -0.15) is 5.10 Å². The van der Waals surface area contributed by atoms with Crippen LogP contribution in [-0.4, -0.2) is 49.8 Å². The molecule has 3 rings (SSSR count). The molecule has 1 heterocycles. The third-order valence-corrected chi connectivity index (χ3v) is 5.23. The third-order valence-electron chi connectivity index (χ3n) is 5.23. The van der Waals surface area contributed by atoms with Crippen LogP contribution in [0.2, 0.25) is 0 Å². The molecule has 0 radical (unpaired) electrons. The zero-order chi connectivity index (χ0) is 23.6. The number of carbonyl (C=O) groups is 3. The van der Waals surface area contributed by atoms with Gasteiger partial charge in [0, 0.05) is 18.8 Å². The minimum absolute atomic E-state index is 0.0382. The molecule has 0 aromatic heterocycles. The van der Waals surface area contributed by atoms with Crippen molar-refractivity contribution >= 4 is 29.6 Å². The van der Waals surface area contributed by atoms with Crippen LogP contribution < -0.4 is 20.8 Å². The number of benzene rings is 2. The molecule has 0 saturated carbocycles. The molecule has 1 atom stereocenters. The van der Waals surface area contributed by atoms with Crippen LogP contribution in [0.15, 0.2) is 47.6 Å². The molecule has 9 heteroatoms. The van der Waals surface area contributed by atoms with Crippen LogP contribution in [-0.2, 0) is 19.1 Å². The van der Waals surface area contributed by atoms with Crippen molar-refractivity contribution in [1.82, 2.24) is 10.7 Å². The zero-order valence-corrected chi connectivity index (χ0v) is 18.7. The van der Waals surface area contributed by atoms with E-state index < -0.39 is 11.8 Å². The number of ether oxygens (including phenoxy) is 2. The van der Waals surface area contributed by atoms with Gasteiger partial charge in [0.2, 0.25) is 0 Å². The van der Waals surface area contributed by atoms with Crippen molar-refractivity contribution in [2.75, 3.05) is 25.1 Å². The Morgan fingerprint density at radius 1 is 1.12 bits per heavy atom. The number of rotatable bonds is 8. The predicted molar refractivity (Wildman–Crippen MR) is 124 cm³/mol. The molecule has 1 aliphatic heterocycles. The highest BCUT2D eigenvalue weighted by Gasteiger charge is 2.18. The molecule has 0 unspecified atom stereocenters. The molecule has 0 bridgehead atoms. The van der Waals surface area contributed by atoms with Crippen LogP contribution in [0.1, 0.15) is 29.5 Å². The number of aryl methyl sites for hydroxylation is 1. The summed E-state index contributed by atoms with van der Waals surface area (Å²) in [4.78, 5) is 35.7. The average molecular weight is 453 g/mol. The highest BCUT2D eigenvalue weighted by molar-refractivity contribution is 6.35. The van der Waals surface area contributed by atoms with Gasteiger partial charge >= 0.3 is 11.8 Å². The first-order valence-electron chi connectivity index (χ1n) is 10.7. The van der Waals surface area contributed by atoms with Crippen LogP contribution in [0.3, 0.4) is 0 Å². The van der Waals surface area contributed by atoms with Crippen molar-refractivity contribution in [2.24, 2.45) is 5.10 Å². The number of hydrazone groups is 1. The van der Waals surface area contributed by atoms with Gasteiger partial charge in [0.15, 0.2) is 6.61 Å². The van der Waals surface area contributed by atoms with Gasteiger partial charge in [-0.3, -0.25) is 14.4 Å². The van der Waals surface area contributed by atoms with Gasteiger partial charge < -0.3 is 20.1 Å². The summed E-state index contributed by atoms with van der Waals surface area (Å²) in [5.74, 6) is -1.35. The Bertz CT molecular complexity index is 1010. The molecule has 1 fully saturated rings. The number of hydrogen-bond donors (Lipinski definition) is 3. The van der Waals surface area contributed by atoms with Gasteiger partial charge in [0.05, 0.1) is 12.3 Å². The quantitative estimate of drug-likeness (QED) is 0.322. The lowest BCUT2D eigenvalue weighted by Crippen LogP contribution is -2.41. The molecule has 9 nitrogen and oxygen atoms in total. The first-order chi connectivity index (χ1) is 15.9. The fourth-order valence-corrected chi connectivity index (χ4v) is 3.18. The van der Waals surface area contributed by atoms with Crippen molar-refractivity contribution in [2.45, 2.75) is 32.8 Å². The molecular formula is C24H28N4O5. The fourth-order valence-electron chi connectivity index (χ4n) is 3.18. The lowest BCUT2D eigenvalue weighted by Gasteiger charge is -2.11. The predicted octanol–water partition coefficient (Wildman–Crippen LogP) is 2.07. The van der Waals surface area contributed by atoms with Gasteiger partial charge in [-0.1, -0.05) is 12.1 Å². The van der Waals surface area contributed by atoms with Gasteiger partial charge in [-0.25, -0.2) is 5.43 Å². The fraction of sp³-hybridized carbons (Fsp3) is 0.333. The molecule has 1 aliphatic rings. The maximum atomic E-state index is 12.2. The second-order valence-electron chi connectivity index (χ2n) is 7.70. The van der Waals surface area contributed by atoms with Crippen LogP contribution in [0.5, 0.6) is 5.75 Å². The molecule has 33 heavy (non-hydrogen) atoms. The molecule has 2 aromatic carbocycles. The number of anilines is 1. The van der Waals surface area contributed by atoms with E-state index in [0.717, 1.165) is 29.7 Å². The van der Waals surface area contributed by atoms with Crippen molar-refractivity contribution in [1.29, 1.82) is 0 Å². The van der Waals surface area contributed by atoms with Gasteiger partial charge in [0.1, 0.15) is 5.75 Å². The second kappa shape index (κ2) is 11.8. The van der Waals surface area contributed by atoms with E-state index in [1.54, 1.807) is 24.3 Å². The van der Waals surface area contributed by atoms with Gasteiger partial charge in [-0.15, -0.1) is 0 Å². The number of hydrogen-bond acceptors (Lipinski definition) is 6. The summed E-state index contributed by atoms with van der Waals surface area (Å²) >= 11 is 0. The summed E-state index contributed by atoms with van der Waals surface area (Å²) in [7, 11) is 0. The van der Waals surface area contributed by atoms with Crippen LogP contribution in [0.25, 0.3) is 0 Å². The molecule has 3 amide bonds. The van der Waals surface area contributed by atoms with Gasteiger partial charge in [0.25, 0.3) is 5.91 Å². The standard InChI is InChI=1S/C24H28N4O5/c1-16-5-3-7-21(17(16)2)27-22(29)15-33-19-10-8-18(9-11-19)13-26-28-24(31)23(30)25-14-20-6-4-12-32-20/h3,5,7-11,13,20H,4,6,12,14-15H2,1-2H3,(H,25,30)(H,27,29)(H,28,31)/b26-13-/t20-/m0/s1. The van der Waals surface area contributed by atoms with E-state index in [4.69, 9.17) is 9.47 Å². The van der Waals surface area contributed by atoms with E-state index in [2.05, 4.69) is 21.2 Å². The number of nitrogens with one attached hydrogen (secondary N) is 3. The summed E-state index contributed by atoms with van der Waals surface area (Å²) in [6.07, 6.45) is 3.20. The van der Waals surface area contributed by atoms with Crippen LogP contribution in [0, 0.1) is 13.8 Å². The Balaban J connectivity index is 1.39. The Labute approximate surface area is 192 Å². The topological polar surface area (TPSA) is 118 Å². The molecule has 2 aromatic rings. The monoisotopic (exact) mass is 452 g/mol. The Morgan fingerprint density at radius 2 is 1.91 bits per heavy atom. The van der Waals surface area contributed by atoms with E-state index in [1.165, 1.54) is 6.21 Å². The number of amides is 3. The maximum Gasteiger partial charge on any atom is 0.329 e. The summed E-state index contributed by atoms with van der Waals surface area (Å²) in [6, 6.07) is 12.5. The van der Waals surface area contributed by atoms with E-state index in [1.807, 2.05) is 32.0 Å². The van der Waals surface area contributed by atoms with E-state index in [9.17, 15) is 14.4 Å². The first kappa shape index (κ1) is 23.9. The molecule has 1 saturated heterocycles. The molecular weight excluding hydrogens is 424 g/mol. The minimum atomic E-state index is -0.848. The van der Waals surface area contributed by atoms with E-state index >= 15 is 0 Å². The molecule has 174 valence electrons. The largest absolute Gasteiger partial charge is 0.484 e. The summed E-state index contributed by atoms with van der Waals surface area (Å²) in [6.45, 7) is 4.80. The molecule has 0 spiro atoms. The summed E-state index contributed by atoms with van der Waals surface area (Å²) < 4.78 is 10.9. The number of carbonyl (C=O) groups excluding carboxylic acids is 3. The Morgan fingerprint density at radius 3 is 2.64 bits per heavy atom. The highest BCUT2D eigenvalue weighted by Crippen LogP contribution is 2.18. The molecule has 0 aliphatic carbocycles. The summed E-state index contributed by atoms with van der Waals surface area (Å²) in [5.41, 5.74) is 5.74. The van der Waals surface area contributed by atoms with Crippen molar-refractivity contribution < 1.29 is 23.9 Å². The van der Waals surface area contributed by atoms with Crippen LogP contribution >= 0.6 is 0 Å². The van der Waals surface area contributed by atoms with Crippen LogP contribution in [0.4, 0.5) is 5.69 Å². The minimum Gasteiger partial charge on any atom is -0.484 e. The van der Waals surface area contributed by atoms with Crippen molar-refractivity contribution in [3.8, 4) is 5.75 Å². The Hall–Kier alpha value is -3.72. The Kier molecular flexibility index (Phi) is 8.54. The van der Waals surface area contributed by atoms with Crippen molar-refractivity contribution in [3.05, 3.63) is 59.2 Å². The second-order valence-corrected chi connectivity index (χ2v) is 7.70. The van der Waals surface area contributed by atoms with E-state index in [0.29, 0.717) is 24.5 Å².